The van der Waals surface area contributed by atoms with Gasteiger partial charge in [0.25, 0.3) is 0 Å². The summed E-state index contributed by atoms with van der Waals surface area (Å²) in [6.45, 7) is 0. The Hall–Kier alpha value is -1.47. The summed E-state index contributed by atoms with van der Waals surface area (Å²) in [7, 11) is -1.55. The summed E-state index contributed by atoms with van der Waals surface area (Å²) in [6, 6.07) is 4.99. The van der Waals surface area contributed by atoms with Gasteiger partial charge in [-0.1, -0.05) is 0 Å². The van der Waals surface area contributed by atoms with Crippen LogP contribution in [0, 0.1) is 5.41 Å². The van der Waals surface area contributed by atoms with E-state index < -0.39 is 9.84 Å². The van der Waals surface area contributed by atoms with Crippen molar-refractivity contribution in [3.63, 3.8) is 0 Å². The van der Waals surface area contributed by atoms with E-state index in [9.17, 15) is 13.2 Å². The van der Waals surface area contributed by atoms with E-state index in [2.05, 4.69) is 5.32 Å². The van der Waals surface area contributed by atoms with Crippen LogP contribution < -0.4 is 15.8 Å². The van der Waals surface area contributed by atoms with Gasteiger partial charge in [0.1, 0.15) is 15.6 Å². The first-order valence-corrected chi connectivity index (χ1v) is 8.70. The number of hydrogen-bond donors (Lipinski definition) is 2. The Morgan fingerprint density at radius 1 is 1.41 bits per heavy atom. The zero-order valence-electron chi connectivity index (χ0n) is 12.6. The average molecular weight is 349 g/mol. The minimum Gasteiger partial charge on any atom is -0.495 e. The molecule has 0 spiro atoms. The summed E-state index contributed by atoms with van der Waals surface area (Å²) < 4.78 is 27.8. The van der Waals surface area contributed by atoms with Gasteiger partial charge in [0, 0.05) is 18.4 Å². The number of sulfone groups is 1. The molecule has 1 aromatic rings. The van der Waals surface area contributed by atoms with Gasteiger partial charge < -0.3 is 15.8 Å². The van der Waals surface area contributed by atoms with E-state index in [1.54, 1.807) is 18.2 Å². The summed E-state index contributed by atoms with van der Waals surface area (Å²) >= 11 is 0. The number of hydrogen-bond acceptors (Lipinski definition) is 5. The first-order valence-electron chi connectivity index (χ1n) is 6.64. The largest absolute Gasteiger partial charge is 0.495 e. The molecule has 0 heterocycles. The molecule has 2 rings (SSSR count). The topological polar surface area (TPSA) is 98.5 Å². The fourth-order valence-corrected chi connectivity index (χ4v) is 3.97. The predicted molar refractivity (Wildman–Crippen MR) is 89.3 cm³/mol. The van der Waals surface area contributed by atoms with E-state index in [1.165, 1.54) is 13.4 Å². The number of carbonyl (C=O) groups excluding carboxylic acids is 1. The van der Waals surface area contributed by atoms with E-state index in [4.69, 9.17) is 10.5 Å². The van der Waals surface area contributed by atoms with Crippen molar-refractivity contribution in [2.75, 3.05) is 30.2 Å². The normalized spacial score (nSPS) is 15.5. The van der Waals surface area contributed by atoms with Crippen LogP contribution in [0.15, 0.2) is 18.2 Å². The van der Waals surface area contributed by atoms with Crippen molar-refractivity contribution in [3.05, 3.63) is 18.2 Å². The highest BCUT2D eigenvalue weighted by atomic mass is 35.5. The maximum absolute atomic E-state index is 12.0. The van der Waals surface area contributed by atoms with E-state index in [-0.39, 0.29) is 35.9 Å². The number of rotatable bonds is 6. The first-order chi connectivity index (χ1) is 9.73. The van der Waals surface area contributed by atoms with Gasteiger partial charge >= 0.3 is 0 Å². The highest BCUT2D eigenvalue weighted by molar-refractivity contribution is 7.90. The second-order valence-corrected chi connectivity index (χ2v) is 7.89. The van der Waals surface area contributed by atoms with Crippen LogP contribution in [-0.4, -0.2) is 33.4 Å². The lowest BCUT2D eigenvalue weighted by atomic mass is 10.1. The van der Waals surface area contributed by atoms with Crippen molar-refractivity contribution < 1.29 is 17.9 Å². The van der Waals surface area contributed by atoms with Gasteiger partial charge in [-0.2, -0.15) is 0 Å². The minimum absolute atomic E-state index is 0. The molecule has 0 saturated heterocycles. The van der Waals surface area contributed by atoms with Crippen LogP contribution >= 0.6 is 12.4 Å². The SMILES string of the molecule is COc1ccc(NC(=O)CC2(CS(C)(=O)=O)CC2)cc1N.Cl. The summed E-state index contributed by atoms with van der Waals surface area (Å²) in [5.74, 6) is 0.419. The van der Waals surface area contributed by atoms with Crippen LogP contribution in [0.2, 0.25) is 0 Å². The lowest BCUT2D eigenvalue weighted by molar-refractivity contribution is -0.117. The quantitative estimate of drug-likeness (QED) is 0.764. The zero-order valence-corrected chi connectivity index (χ0v) is 14.2. The molecule has 0 bridgehead atoms. The zero-order chi connectivity index (χ0) is 15.7. The standard InChI is InChI=1S/C14H20N2O4S.ClH/c1-20-12-4-3-10(7-11(12)15)16-13(17)8-14(5-6-14)9-21(2,18)19;/h3-4,7H,5-6,8-9,15H2,1-2H3,(H,16,17);1H. The predicted octanol–water partition coefficient (Wildman–Crippen LogP) is 1.85. The molecular formula is C14H21ClN2O4S. The van der Waals surface area contributed by atoms with Crippen molar-refractivity contribution in [2.45, 2.75) is 19.3 Å². The second kappa shape index (κ2) is 6.75. The van der Waals surface area contributed by atoms with E-state index in [0.717, 1.165) is 12.8 Å². The van der Waals surface area contributed by atoms with Gasteiger partial charge in [0.05, 0.1) is 18.6 Å². The van der Waals surface area contributed by atoms with Crippen molar-refractivity contribution in [3.8, 4) is 5.75 Å². The van der Waals surface area contributed by atoms with Crippen LogP contribution in [0.5, 0.6) is 5.75 Å². The molecule has 0 unspecified atom stereocenters. The Morgan fingerprint density at radius 2 is 2.05 bits per heavy atom. The lowest BCUT2D eigenvalue weighted by Gasteiger charge is -2.14. The van der Waals surface area contributed by atoms with Gasteiger partial charge in [-0.25, -0.2) is 8.42 Å². The number of ether oxygens (including phenoxy) is 1. The van der Waals surface area contributed by atoms with Gasteiger partial charge in [-0.3, -0.25) is 4.79 Å². The van der Waals surface area contributed by atoms with Gasteiger partial charge in [-0.05, 0) is 36.5 Å². The summed E-state index contributed by atoms with van der Waals surface area (Å²) in [6.07, 6.45) is 2.97. The maximum atomic E-state index is 12.0. The van der Waals surface area contributed by atoms with Gasteiger partial charge in [0.2, 0.25) is 5.91 Å². The molecule has 0 radical (unpaired) electrons. The number of nitrogens with one attached hydrogen (secondary N) is 1. The highest BCUT2D eigenvalue weighted by Gasteiger charge is 2.46. The maximum Gasteiger partial charge on any atom is 0.224 e. The first kappa shape index (κ1) is 18.6. The molecule has 1 aliphatic carbocycles. The number of nitrogens with two attached hydrogens (primary N) is 1. The summed E-state index contributed by atoms with van der Waals surface area (Å²) in [5.41, 5.74) is 6.41. The molecule has 1 fully saturated rings. The molecule has 8 heteroatoms. The third kappa shape index (κ3) is 5.06. The molecule has 22 heavy (non-hydrogen) atoms. The monoisotopic (exact) mass is 348 g/mol. The molecule has 1 aliphatic rings. The smallest absolute Gasteiger partial charge is 0.224 e. The van der Waals surface area contributed by atoms with Crippen molar-refractivity contribution >= 4 is 39.5 Å². The van der Waals surface area contributed by atoms with E-state index >= 15 is 0 Å². The fraction of sp³-hybridized carbons (Fsp3) is 0.500. The summed E-state index contributed by atoms with van der Waals surface area (Å²) in [4.78, 5) is 12.0. The Kier molecular flexibility index (Phi) is 5.70. The number of methoxy groups -OCH3 is 1. The third-order valence-electron chi connectivity index (χ3n) is 3.57. The van der Waals surface area contributed by atoms with Crippen molar-refractivity contribution in [1.29, 1.82) is 0 Å². The molecule has 3 N–H and O–H groups in total. The Balaban J connectivity index is 0.00000242. The number of benzene rings is 1. The molecule has 6 nitrogen and oxygen atoms in total. The van der Waals surface area contributed by atoms with Gasteiger partial charge in [-0.15, -0.1) is 12.4 Å². The molecule has 0 aliphatic heterocycles. The van der Waals surface area contributed by atoms with E-state index in [1.807, 2.05) is 0 Å². The molecule has 0 aromatic heterocycles. The highest BCUT2D eigenvalue weighted by Crippen LogP contribution is 2.49. The molecule has 1 amide bonds. The van der Waals surface area contributed by atoms with Crippen LogP contribution in [-0.2, 0) is 14.6 Å². The van der Waals surface area contributed by atoms with Crippen LogP contribution in [0.25, 0.3) is 0 Å². The van der Waals surface area contributed by atoms with Crippen molar-refractivity contribution in [2.24, 2.45) is 5.41 Å². The van der Waals surface area contributed by atoms with Crippen LogP contribution in [0.1, 0.15) is 19.3 Å². The second-order valence-electron chi connectivity index (χ2n) is 5.75. The molecular weight excluding hydrogens is 328 g/mol. The minimum atomic E-state index is -3.07. The average Bonchev–Trinajstić information content (AvgIpc) is 3.05. The lowest BCUT2D eigenvalue weighted by Crippen LogP contribution is -2.23. The number of amides is 1. The molecule has 0 atom stereocenters. The Labute approximate surface area is 136 Å². The number of nitrogen functional groups attached to an aromatic ring is 1. The van der Waals surface area contributed by atoms with Gasteiger partial charge in [0.15, 0.2) is 0 Å². The third-order valence-corrected chi connectivity index (χ3v) is 4.71. The van der Waals surface area contributed by atoms with Crippen LogP contribution in [0.3, 0.4) is 0 Å². The number of carbonyl (C=O) groups is 1. The summed E-state index contributed by atoms with van der Waals surface area (Å²) in [5, 5.41) is 2.75. The fourth-order valence-electron chi connectivity index (χ4n) is 2.46. The Morgan fingerprint density at radius 3 is 2.50 bits per heavy atom. The molecule has 124 valence electrons. The van der Waals surface area contributed by atoms with Crippen molar-refractivity contribution in [1.82, 2.24) is 0 Å². The Bertz CT molecular complexity index is 657. The van der Waals surface area contributed by atoms with Crippen LogP contribution in [0.4, 0.5) is 11.4 Å². The number of halogens is 1. The molecule has 1 aromatic carbocycles. The van der Waals surface area contributed by atoms with E-state index in [0.29, 0.717) is 17.1 Å². The molecule has 1 saturated carbocycles. The number of anilines is 2.